The lowest BCUT2D eigenvalue weighted by Crippen LogP contribution is -2.04. The van der Waals surface area contributed by atoms with E-state index in [1.54, 1.807) is 18.2 Å². The quantitative estimate of drug-likeness (QED) is 0.855. The SMILES string of the molecule is COc1ccc(Br)c(Cn2cc(C(F)(F)F)cn2)c1. The highest BCUT2D eigenvalue weighted by Crippen LogP contribution is 2.29. The van der Waals surface area contributed by atoms with Crippen molar-refractivity contribution in [2.75, 3.05) is 7.11 Å². The fourth-order valence-corrected chi connectivity index (χ4v) is 1.94. The smallest absolute Gasteiger partial charge is 0.419 e. The van der Waals surface area contributed by atoms with Crippen LogP contribution in [-0.4, -0.2) is 16.9 Å². The Bertz CT molecular complexity index is 581. The Morgan fingerprint density at radius 2 is 2.11 bits per heavy atom. The number of nitrogens with zero attached hydrogens (tertiary/aromatic N) is 2. The lowest BCUT2D eigenvalue weighted by Gasteiger charge is -2.07. The lowest BCUT2D eigenvalue weighted by atomic mass is 10.2. The predicted molar refractivity (Wildman–Crippen MR) is 67.0 cm³/mol. The molecule has 3 nitrogen and oxygen atoms in total. The second-order valence-corrected chi connectivity index (χ2v) is 4.74. The molecule has 19 heavy (non-hydrogen) atoms. The molecule has 7 heteroatoms. The minimum atomic E-state index is -4.37. The molecule has 0 fully saturated rings. The van der Waals surface area contributed by atoms with Crippen LogP contribution < -0.4 is 4.74 Å². The van der Waals surface area contributed by atoms with Crippen LogP contribution >= 0.6 is 15.9 Å². The summed E-state index contributed by atoms with van der Waals surface area (Å²) in [7, 11) is 1.53. The van der Waals surface area contributed by atoms with E-state index in [4.69, 9.17) is 4.74 Å². The second-order valence-electron chi connectivity index (χ2n) is 3.88. The van der Waals surface area contributed by atoms with Gasteiger partial charge < -0.3 is 4.74 Å². The Morgan fingerprint density at radius 3 is 2.68 bits per heavy atom. The minimum absolute atomic E-state index is 0.230. The van der Waals surface area contributed by atoms with Crippen LogP contribution in [0.2, 0.25) is 0 Å². The van der Waals surface area contributed by atoms with Crippen molar-refractivity contribution < 1.29 is 17.9 Å². The molecule has 1 aromatic heterocycles. The van der Waals surface area contributed by atoms with Crippen molar-refractivity contribution in [2.24, 2.45) is 0 Å². The van der Waals surface area contributed by atoms with Gasteiger partial charge >= 0.3 is 6.18 Å². The first-order valence-corrected chi connectivity index (χ1v) is 6.11. The topological polar surface area (TPSA) is 27.1 Å². The van der Waals surface area contributed by atoms with Gasteiger partial charge in [0, 0.05) is 10.7 Å². The van der Waals surface area contributed by atoms with Crippen LogP contribution in [0.15, 0.2) is 35.1 Å². The van der Waals surface area contributed by atoms with Crippen molar-refractivity contribution in [1.82, 2.24) is 9.78 Å². The van der Waals surface area contributed by atoms with Gasteiger partial charge in [-0.25, -0.2) is 0 Å². The van der Waals surface area contributed by atoms with Crippen molar-refractivity contribution in [1.29, 1.82) is 0 Å². The van der Waals surface area contributed by atoms with Crippen LogP contribution in [0.4, 0.5) is 13.2 Å². The number of methoxy groups -OCH3 is 1. The van der Waals surface area contributed by atoms with Gasteiger partial charge in [-0.15, -0.1) is 0 Å². The van der Waals surface area contributed by atoms with Crippen molar-refractivity contribution in [3.8, 4) is 5.75 Å². The maximum Gasteiger partial charge on any atom is 0.419 e. The number of hydrogen-bond acceptors (Lipinski definition) is 2. The zero-order valence-electron chi connectivity index (χ0n) is 9.91. The zero-order valence-corrected chi connectivity index (χ0v) is 11.5. The van der Waals surface area contributed by atoms with E-state index in [0.717, 1.165) is 22.4 Å². The van der Waals surface area contributed by atoms with Gasteiger partial charge in [-0.1, -0.05) is 15.9 Å². The highest BCUT2D eigenvalue weighted by atomic mass is 79.9. The van der Waals surface area contributed by atoms with E-state index in [1.165, 1.54) is 11.8 Å². The molecule has 0 aliphatic rings. The van der Waals surface area contributed by atoms with E-state index in [-0.39, 0.29) is 6.54 Å². The molecule has 0 amide bonds. The number of aromatic nitrogens is 2. The Morgan fingerprint density at radius 1 is 1.37 bits per heavy atom. The summed E-state index contributed by atoms with van der Waals surface area (Å²) in [6.07, 6.45) is -2.58. The largest absolute Gasteiger partial charge is 0.497 e. The average molecular weight is 335 g/mol. The van der Waals surface area contributed by atoms with Gasteiger partial charge in [0.25, 0.3) is 0 Å². The zero-order chi connectivity index (χ0) is 14.0. The molecule has 0 saturated heterocycles. The van der Waals surface area contributed by atoms with Gasteiger partial charge in [0.15, 0.2) is 0 Å². The number of hydrogen-bond donors (Lipinski definition) is 0. The van der Waals surface area contributed by atoms with Gasteiger partial charge in [-0.2, -0.15) is 18.3 Å². The normalized spacial score (nSPS) is 11.6. The van der Waals surface area contributed by atoms with Gasteiger partial charge in [-0.05, 0) is 23.8 Å². The van der Waals surface area contributed by atoms with E-state index < -0.39 is 11.7 Å². The van der Waals surface area contributed by atoms with Gasteiger partial charge in [-0.3, -0.25) is 4.68 Å². The Balaban J connectivity index is 2.24. The molecular weight excluding hydrogens is 325 g/mol. The fraction of sp³-hybridized carbons (Fsp3) is 0.250. The molecule has 2 rings (SSSR count). The molecule has 1 heterocycles. The number of rotatable bonds is 3. The van der Waals surface area contributed by atoms with Crippen LogP contribution in [0.1, 0.15) is 11.1 Å². The van der Waals surface area contributed by atoms with Crippen LogP contribution in [0.3, 0.4) is 0 Å². The molecule has 0 atom stereocenters. The maximum atomic E-state index is 12.5. The molecular formula is C12H10BrF3N2O. The Labute approximate surface area is 116 Å². The van der Waals surface area contributed by atoms with Crippen molar-refractivity contribution in [3.63, 3.8) is 0 Å². The van der Waals surface area contributed by atoms with Crippen molar-refractivity contribution in [2.45, 2.75) is 12.7 Å². The molecule has 0 saturated carbocycles. The van der Waals surface area contributed by atoms with E-state index in [2.05, 4.69) is 21.0 Å². The first-order valence-electron chi connectivity index (χ1n) is 5.32. The number of ether oxygens (including phenoxy) is 1. The summed E-state index contributed by atoms with van der Waals surface area (Å²) in [5, 5.41) is 3.71. The van der Waals surface area contributed by atoms with E-state index in [1.807, 2.05) is 0 Å². The molecule has 0 aliphatic carbocycles. The lowest BCUT2D eigenvalue weighted by molar-refractivity contribution is -0.137. The van der Waals surface area contributed by atoms with Crippen LogP contribution in [-0.2, 0) is 12.7 Å². The van der Waals surface area contributed by atoms with Crippen LogP contribution in [0.5, 0.6) is 5.75 Å². The molecule has 0 spiro atoms. The summed E-state index contributed by atoms with van der Waals surface area (Å²) in [6.45, 7) is 0.230. The molecule has 102 valence electrons. The van der Waals surface area contributed by atoms with Crippen molar-refractivity contribution >= 4 is 15.9 Å². The molecule has 0 aliphatic heterocycles. The molecule has 2 aromatic rings. The summed E-state index contributed by atoms with van der Waals surface area (Å²) in [6, 6.07) is 5.29. The summed E-state index contributed by atoms with van der Waals surface area (Å²) < 4.78 is 44.5. The average Bonchev–Trinajstić information content (AvgIpc) is 2.80. The Hall–Kier alpha value is -1.50. The highest BCUT2D eigenvalue weighted by Gasteiger charge is 2.32. The Kier molecular flexibility index (Phi) is 3.84. The standard InChI is InChI=1S/C12H10BrF3N2O/c1-19-10-2-3-11(13)8(4-10)6-18-7-9(5-17-18)12(14,15)16/h2-5,7H,6H2,1H3. The van der Waals surface area contributed by atoms with Crippen LogP contribution in [0.25, 0.3) is 0 Å². The fourth-order valence-electron chi connectivity index (χ4n) is 1.57. The van der Waals surface area contributed by atoms with E-state index in [9.17, 15) is 13.2 Å². The summed E-state index contributed by atoms with van der Waals surface area (Å²) in [5.74, 6) is 0.640. The van der Waals surface area contributed by atoms with Gasteiger partial charge in [0.1, 0.15) is 5.75 Å². The van der Waals surface area contributed by atoms with E-state index in [0.29, 0.717) is 5.75 Å². The third kappa shape index (κ3) is 3.28. The van der Waals surface area contributed by atoms with Crippen LogP contribution in [0, 0.1) is 0 Å². The van der Waals surface area contributed by atoms with Gasteiger partial charge in [0.2, 0.25) is 0 Å². The first-order chi connectivity index (χ1) is 8.90. The molecule has 1 aromatic carbocycles. The molecule has 0 radical (unpaired) electrons. The van der Waals surface area contributed by atoms with E-state index >= 15 is 0 Å². The third-order valence-electron chi connectivity index (χ3n) is 2.55. The first kappa shape index (κ1) is 13.9. The summed E-state index contributed by atoms with van der Waals surface area (Å²) >= 11 is 3.34. The third-order valence-corrected chi connectivity index (χ3v) is 3.32. The molecule has 0 N–H and O–H groups in total. The highest BCUT2D eigenvalue weighted by molar-refractivity contribution is 9.10. The van der Waals surface area contributed by atoms with Crippen molar-refractivity contribution in [3.05, 3.63) is 46.2 Å². The minimum Gasteiger partial charge on any atom is -0.497 e. The number of benzene rings is 1. The van der Waals surface area contributed by atoms with Gasteiger partial charge in [0.05, 0.1) is 25.4 Å². The number of alkyl halides is 3. The second kappa shape index (κ2) is 5.24. The number of halogens is 4. The monoisotopic (exact) mass is 334 g/mol. The maximum absolute atomic E-state index is 12.5. The molecule has 0 unspecified atom stereocenters. The summed E-state index contributed by atoms with van der Waals surface area (Å²) in [5.41, 5.74) is 0.0303. The summed E-state index contributed by atoms with van der Waals surface area (Å²) in [4.78, 5) is 0. The molecule has 0 bridgehead atoms. The predicted octanol–water partition coefficient (Wildman–Crippen LogP) is 3.72.